The molecule has 7 heteroatoms. The van der Waals surface area contributed by atoms with Crippen molar-refractivity contribution in [2.24, 2.45) is 5.73 Å². The summed E-state index contributed by atoms with van der Waals surface area (Å²) < 4.78 is 7.72. The molecule has 1 atom stereocenters. The number of nitrogen functional groups attached to an aromatic ring is 1. The lowest BCUT2D eigenvalue weighted by molar-refractivity contribution is 0.100. The quantitative estimate of drug-likeness (QED) is 0.390. The summed E-state index contributed by atoms with van der Waals surface area (Å²) in [5.41, 5.74) is 16.5. The van der Waals surface area contributed by atoms with Crippen LogP contribution in [0.15, 0.2) is 78.9 Å². The maximum absolute atomic E-state index is 12.4. The number of nitrogens with two attached hydrogens (primary N) is 2. The molecule has 0 aliphatic carbocycles. The minimum Gasteiger partial charge on any atom is -0.489 e. The van der Waals surface area contributed by atoms with E-state index < -0.39 is 5.91 Å². The normalized spacial score (nSPS) is 14.8. The molecule has 7 nitrogen and oxygen atoms in total. The van der Waals surface area contributed by atoms with E-state index in [0.29, 0.717) is 35.9 Å². The lowest BCUT2D eigenvalue weighted by Crippen LogP contribution is -2.26. The van der Waals surface area contributed by atoms with Gasteiger partial charge in [-0.05, 0) is 47.9 Å². The molecule has 0 fully saturated rings. The summed E-state index contributed by atoms with van der Waals surface area (Å²) in [6, 6.07) is 25.2. The van der Waals surface area contributed by atoms with Crippen LogP contribution in [0.25, 0.3) is 11.3 Å². The molecule has 166 valence electrons. The molecule has 1 aliphatic heterocycles. The summed E-state index contributed by atoms with van der Waals surface area (Å²) in [5, 5.41) is 8.13. The van der Waals surface area contributed by atoms with Crippen LogP contribution in [0.4, 0.5) is 11.5 Å². The predicted octanol–water partition coefficient (Wildman–Crippen LogP) is 4.22. The molecule has 5 N–H and O–H groups in total. The molecule has 1 amide bonds. The maximum atomic E-state index is 12.4. The Bertz CT molecular complexity index is 1280. The van der Waals surface area contributed by atoms with E-state index in [9.17, 15) is 4.79 Å². The van der Waals surface area contributed by atoms with Gasteiger partial charge in [-0.2, -0.15) is 5.10 Å². The third-order valence-electron chi connectivity index (χ3n) is 5.89. The smallest absolute Gasteiger partial charge is 0.254 e. The second kappa shape index (κ2) is 8.70. The first-order valence-corrected chi connectivity index (χ1v) is 10.9. The number of amides is 1. The SMILES string of the molecule is NC(=O)c1c(-c2ccc(OCc3ccccc3)cc2)nn2c1NCCC2c1ccccc1N. The number of aromatic nitrogens is 2. The van der Waals surface area contributed by atoms with Crippen molar-refractivity contribution < 1.29 is 9.53 Å². The van der Waals surface area contributed by atoms with Crippen molar-refractivity contribution in [3.8, 4) is 17.0 Å². The third kappa shape index (κ3) is 4.01. The second-order valence-electron chi connectivity index (χ2n) is 8.04. The molecule has 1 aliphatic rings. The Morgan fingerprint density at radius 2 is 1.76 bits per heavy atom. The van der Waals surface area contributed by atoms with Crippen LogP contribution in [0.2, 0.25) is 0 Å². The van der Waals surface area contributed by atoms with E-state index >= 15 is 0 Å². The van der Waals surface area contributed by atoms with Gasteiger partial charge < -0.3 is 21.5 Å². The number of benzene rings is 3. The standard InChI is InChI=1S/C26H25N5O2/c27-21-9-5-4-8-20(21)22-14-15-29-26-23(25(28)32)24(30-31(22)26)18-10-12-19(13-11-18)33-16-17-6-2-1-3-7-17/h1-13,22,29H,14-16,27H2,(H2,28,32). The van der Waals surface area contributed by atoms with E-state index in [4.69, 9.17) is 21.3 Å². The average Bonchev–Trinajstić information content (AvgIpc) is 3.24. The summed E-state index contributed by atoms with van der Waals surface area (Å²) in [6.07, 6.45) is 0.798. The van der Waals surface area contributed by atoms with Crippen molar-refractivity contribution in [1.82, 2.24) is 9.78 Å². The van der Waals surface area contributed by atoms with Gasteiger partial charge in [0.05, 0.1) is 6.04 Å². The van der Waals surface area contributed by atoms with E-state index in [1.165, 1.54) is 0 Å². The molecule has 33 heavy (non-hydrogen) atoms. The summed E-state index contributed by atoms with van der Waals surface area (Å²) in [5.74, 6) is 0.839. The molecular formula is C26H25N5O2. The van der Waals surface area contributed by atoms with Gasteiger partial charge in [-0.1, -0.05) is 48.5 Å². The van der Waals surface area contributed by atoms with E-state index in [-0.39, 0.29) is 6.04 Å². The number of para-hydroxylation sites is 1. The molecule has 4 aromatic rings. The van der Waals surface area contributed by atoms with Crippen molar-refractivity contribution >= 4 is 17.4 Å². The Kier molecular flexibility index (Phi) is 5.44. The fourth-order valence-electron chi connectivity index (χ4n) is 4.27. The van der Waals surface area contributed by atoms with Crippen molar-refractivity contribution in [1.29, 1.82) is 0 Å². The monoisotopic (exact) mass is 439 g/mol. The maximum Gasteiger partial charge on any atom is 0.254 e. The number of fused-ring (bicyclic) bond motifs is 1. The van der Waals surface area contributed by atoms with E-state index in [2.05, 4.69) is 5.32 Å². The molecule has 1 aromatic heterocycles. The van der Waals surface area contributed by atoms with Crippen molar-refractivity contribution in [3.05, 3.63) is 95.6 Å². The van der Waals surface area contributed by atoms with Crippen molar-refractivity contribution in [2.75, 3.05) is 17.6 Å². The van der Waals surface area contributed by atoms with Crippen LogP contribution in [0, 0.1) is 0 Å². The number of nitrogens with zero attached hydrogens (tertiary/aromatic N) is 2. The van der Waals surface area contributed by atoms with Crippen molar-refractivity contribution in [2.45, 2.75) is 19.1 Å². The lowest BCUT2D eigenvalue weighted by atomic mass is 10.00. The van der Waals surface area contributed by atoms with Gasteiger partial charge in [-0.15, -0.1) is 0 Å². The predicted molar refractivity (Wildman–Crippen MR) is 129 cm³/mol. The number of hydrogen-bond acceptors (Lipinski definition) is 5. The Hall–Kier alpha value is -4.26. The van der Waals surface area contributed by atoms with Gasteiger partial charge >= 0.3 is 0 Å². The van der Waals surface area contributed by atoms with Crippen LogP contribution >= 0.6 is 0 Å². The zero-order valence-electron chi connectivity index (χ0n) is 18.1. The van der Waals surface area contributed by atoms with Crippen molar-refractivity contribution in [3.63, 3.8) is 0 Å². The summed E-state index contributed by atoms with van der Waals surface area (Å²) in [7, 11) is 0. The van der Waals surface area contributed by atoms with Gasteiger partial charge in [0.25, 0.3) is 5.91 Å². The number of rotatable bonds is 6. The fraction of sp³-hybridized carbons (Fsp3) is 0.154. The zero-order chi connectivity index (χ0) is 22.8. The molecule has 3 aromatic carbocycles. The van der Waals surface area contributed by atoms with Crippen LogP contribution in [-0.4, -0.2) is 22.2 Å². The summed E-state index contributed by atoms with van der Waals surface area (Å²) in [4.78, 5) is 12.4. The van der Waals surface area contributed by atoms with Gasteiger partial charge in [0.1, 0.15) is 29.4 Å². The number of nitrogens with one attached hydrogen (secondary N) is 1. The van der Waals surface area contributed by atoms with Gasteiger partial charge in [0.15, 0.2) is 0 Å². The topological polar surface area (TPSA) is 108 Å². The van der Waals surface area contributed by atoms with Gasteiger partial charge in [-0.3, -0.25) is 4.79 Å². The Balaban J connectivity index is 1.47. The Morgan fingerprint density at radius 1 is 1.03 bits per heavy atom. The summed E-state index contributed by atoms with van der Waals surface area (Å²) >= 11 is 0. The van der Waals surface area contributed by atoms with Crippen LogP contribution in [0.3, 0.4) is 0 Å². The molecule has 0 radical (unpaired) electrons. The molecule has 2 heterocycles. The highest BCUT2D eigenvalue weighted by Gasteiger charge is 2.31. The van der Waals surface area contributed by atoms with Crippen LogP contribution in [0.5, 0.6) is 5.75 Å². The number of primary amides is 1. The molecule has 1 unspecified atom stereocenters. The number of carbonyl (C=O) groups is 1. The number of hydrogen-bond donors (Lipinski definition) is 3. The van der Waals surface area contributed by atoms with E-state index in [1.54, 1.807) is 0 Å². The molecule has 0 saturated heterocycles. The van der Waals surface area contributed by atoms with Gasteiger partial charge in [0, 0.05) is 17.8 Å². The van der Waals surface area contributed by atoms with Gasteiger partial charge in [0.2, 0.25) is 0 Å². The molecule has 0 spiro atoms. The average molecular weight is 440 g/mol. The first kappa shape index (κ1) is 20.6. The van der Waals surface area contributed by atoms with E-state index in [0.717, 1.165) is 28.9 Å². The third-order valence-corrected chi connectivity index (χ3v) is 5.89. The zero-order valence-corrected chi connectivity index (χ0v) is 18.1. The largest absolute Gasteiger partial charge is 0.489 e. The lowest BCUT2D eigenvalue weighted by Gasteiger charge is -2.27. The van der Waals surface area contributed by atoms with Gasteiger partial charge in [-0.25, -0.2) is 4.68 Å². The molecule has 0 saturated carbocycles. The highest BCUT2D eigenvalue weighted by Crippen LogP contribution is 2.38. The summed E-state index contributed by atoms with van der Waals surface area (Å²) in [6.45, 7) is 1.17. The number of anilines is 2. The molecular weight excluding hydrogens is 414 g/mol. The van der Waals surface area contributed by atoms with Crippen LogP contribution in [0.1, 0.15) is 33.9 Å². The first-order chi connectivity index (χ1) is 16.1. The van der Waals surface area contributed by atoms with Crippen LogP contribution < -0.4 is 21.5 Å². The van der Waals surface area contributed by atoms with E-state index in [1.807, 2.05) is 83.5 Å². The number of ether oxygens (including phenoxy) is 1. The number of carbonyl (C=O) groups excluding carboxylic acids is 1. The Morgan fingerprint density at radius 3 is 2.48 bits per heavy atom. The molecule has 0 bridgehead atoms. The fourth-order valence-corrected chi connectivity index (χ4v) is 4.27. The minimum absolute atomic E-state index is 0.0808. The molecule has 5 rings (SSSR count). The minimum atomic E-state index is -0.523. The highest BCUT2D eigenvalue weighted by molar-refractivity contribution is 6.04. The first-order valence-electron chi connectivity index (χ1n) is 10.9. The highest BCUT2D eigenvalue weighted by atomic mass is 16.5. The second-order valence-corrected chi connectivity index (χ2v) is 8.04. The van der Waals surface area contributed by atoms with Crippen LogP contribution in [-0.2, 0) is 6.61 Å². The Labute approximate surface area is 192 Å².